The number of nitrogens with zero attached hydrogens (tertiary/aromatic N) is 1. The standard InChI is InChI=1S/C13H16N2O4/c1-19-13(18)9-3-2-6-14-12(9)15-10(7-11(16)17)8-4-5-8/h2-3,6,8,10H,4-5,7H2,1H3,(H,14,15)(H,16,17). The average molecular weight is 264 g/mol. The number of carboxylic acids is 1. The van der Waals surface area contributed by atoms with Crippen molar-refractivity contribution in [2.45, 2.75) is 25.3 Å². The number of ether oxygens (including phenoxy) is 1. The number of anilines is 1. The lowest BCUT2D eigenvalue weighted by Gasteiger charge is -2.18. The first-order valence-electron chi connectivity index (χ1n) is 6.13. The van der Waals surface area contributed by atoms with Gasteiger partial charge in [0.25, 0.3) is 0 Å². The number of aromatic nitrogens is 1. The lowest BCUT2D eigenvalue weighted by atomic mass is 10.1. The van der Waals surface area contributed by atoms with E-state index in [-0.39, 0.29) is 12.5 Å². The van der Waals surface area contributed by atoms with Crippen LogP contribution in [0.15, 0.2) is 18.3 Å². The van der Waals surface area contributed by atoms with Crippen molar-refractivity contribution < 1.29 is 19.4 Å². The van der Waals surface area contributed by atoms with Gasteiger partial charge in [0.1, 0.15) is 11.4 Å². The first-order chi connectivity index (χ1) is 9.11. The number of hydrogen-bond donors (Lipinski definition) is 2. The molecular weight excluding hydrogens is 248 g/mol. The molecular formula is C13H16N2O4. The number of hydrogen-bond acceptors (Lipinski definition) is 5. The maximum Gasteiger partial charge on any atom is 0.341 e. The Hall–Kier alpha value is -2.11. The van der Waals surface area contributed by atoms with Gasteiger partial charge in [-0.2, -0.15) is 0 Å². The van der Waals surface area contributed by atoms with Gasteiger partial charge in [-0.3, -0.25) is 4.79 Å². The third-order valence-corrected chi connectivity index (χ3v) is 3.12. The second kappa shape index (κ2) is 5.69. The average Bonchev–Trinajstić information content (AvgIpc) is 3.21. The summed E-state index contributed by atoms with van der Waals surface area (Å²) in [4.78, 5) is 26.6. The number of aliphatic carboxylic acids is 1. The third-order valence-electron chi connectivity index (χ3n) is 3.12. The molecule has 1 atom stereocenters. The van der Waals surface area contributed by atoms with Gasteiger partial charge in [-0.1, -0.05) is 0 Å². The van der Waals surface area contributed by atoms with Crippen molar-refractivity contribution in [1.82, 2.24) is 4.98 Å². The van der Waals surface area contributed by atoms with Crippen LogP contribution < -0.4 is 5.32 Å². The number of carbonyl (C=O) groups excluding carboxylic acids is 1. The van der Waals surface area contributed by atoms with Gasteiger partial charge in [0.05, 0.1) is 13.5 Å². The van der Waals surface area contributed by atoms with Crippen LogP contribution in [0.2, 0.25) is 0 Å². The zero-order valence-electron chi connectivity index (χ0n) is 10.6. The van der Waals surface area contributed by atoms with E-state index < -0.39 is 11.9 Å². The Morgan fingerprint density at radius 3 is 2.89 bits per heavy atom. The van der Waals surface area contributed by atoms with Crippen molar-refractivity contribution in [3.63, 3.8) is 0 Å². The molecule has 1 saturated carbocycles. The number of carboxylic acid groups (broad SMARTS) is 1. The molecule has 6 nitrogen and oxygen atoms in total. The molecule has 1 aromatic heterocycles. The highest BCUT2D eigenvalue weighted by Gasteiger charge is 2.33. The Kier molecular flexibility index (Phi) is 3.99. The van der Waals surface area contributed by atoms with E-state index in [0.29, 0.717) is 17.3 Å². The highest BCUT2D eigenvalue weighted by molar-refractivity contribution is 5.94. The number of methoxy groups -OCH3 is 1. The summed E-state index contributed by atoms with van der Waals surface area (Å²) in [7, 11) is 1.30. The van der Waals surface area contributed by atoms with Crippen LogP contribution in [-0.2, 0) is 9.53 Å². The molecule has 1 fully saturated rings. The molecule has 0 spiro atoms. The van der Waals surface area contributed by atoms with Crippen LogP contribution in [0.1, 0.15) is 29.6 Å². The van der Waals surface area contributed by atoms with Crippen molar-refractivity contribution in [2.75, 3.05) is 12.4 Å². The summed E-state index contributed by atoms with van der Waals surface area (Å²) in [6.07, 6.45) is 3.58. The SMILES string of the molecule is COC(=O)c1cccnc1NC(CC(=O)O)C1CC1. The molecule has 1 aliphatic rings. The Labute approximate surface area is 110 Å². The summed E-state index contributed by atoms with van der Waals surface area (Å²) in [5.41, 5.74) is 0.320. The van der Waals surface area contributed by atoms with Gasteiger partial charge >= 0.3 is 11.9 Å². The van der Waals surface area contributed by atoms with Gasteiger partial charge in [0.15, 0.2) is 0 Å². The summed E-state index contributed by atoms with van der Waals surface area (Å²) >= 11 is 0. The second-order valence-electron chi connectivity index (χ2n) is 4.58. The fraction of sp³-hybridized carbons (Fsp3) is 0.462. The number of rotatable bonds is 6. The van der Waals surface area contributed by atoms with Crippen molar-refractivity contribution in [3.05, 3.63) is 23.9 Å². The fourth-order valence-electron chi connectivity index (χ4n) is 1.99. The van der Waals surface area contributed by atoms with Crippen molar-refractivity contribution in [2.24, 2.45) is 5.92 Å². The van der Waals surface area contributed by atoms with Gasteiger partial charge in [0.2, 0.25) is 0 Å². The smallest absolute Gasteiger partial charge is 0.341 e. The van der Waals surface area contributed by atoms with Crippen molar-refractivity contribution in [1.29, 1.82) is 0 Å². The number of carbonyl (C=O) groups is 2. The summed E-state index contributed by atoms with van der Waals surface area (Å²) in [5.74, 6) is -0.628. The van der Waals surface area contributed by atoms with Crippen LogP contribution in [0.3, 0.4) is 0 Å². The quantitative estimate of drug-likeness (QED) is 0.757. The molecule has 0 amide bonds. The normalized spacial score (nSPS) is 15.6. The number of pyridine rings is 1. The minimum absolute atomic E-state index is 0.0157. The van der Waals surface area contributed by atoms with Crippen LogP contribution in [0.25, 0.3) is 0 Å². The van der Waals surface area contributed by atoms with E-state index in [2.05, 4.69) is 15.0 Å². The summed E-state index contributed by atoms with van der Waals surface area (Å²) in [5, 5.41) is 12.0. The van der Waals surface area contributed by atoms with E-state index in [1.54, 1.807) is 18.3 Å². The minimum atomic E-state index is -0.861. The van der Waals surface area contributed by atoms with E-state index >= 15 is 0 Å². The molecule has 0 bridgehead atoms. The molecule has 1 aromatic rings. The Morgan fingerprint density at radius 2 is 2.32 bits per heavy atom. The second-order valence-corrected chi connectivity index (χ2v) is 4.58. The lowest BCUT2D eigenvalue weighted by molar-refractivity contribution is -0.137. The summed E-state index contributed by atoms with van der Waals surface area (Å²) in [6, 6.07) is 3.04. The Morgan fingerprint density at radius 1 is 1.58 bits per heavy atom. The van der Waals surface area contributed by atoms with Gasteiger partial charge in [-0.05, 0) is 30.9 Å². The van der Waals surface area contributed by atoms with E-state index in [9.17, 15) is 9.59 Å². The summed E-state index contributed by atoms with van der Waals surface area (Å²) in [6.45, 7) is 0. The predicted octanol–water partition coefficient (Wildman–Crippen LogP) is 1.53. The maximum atomic E-state index is 11.6. The van der Waals surface area contributed by atoms with Gasteiger partial charge in [-0.15, -0.1) is 0 Å². The molecule has 6 heteroatoms. The van der Waals surface area contributed by atoms with Gasteiger partial charge < -0.3 is 15.2 Å². The van der Waals surface area contributed by atoms with E-state index in [1.165, 1.54) is 7.11 Å². The van der Waals surface area contributed by atoms with Gasteiger partial charge in [0, 0.05) is 12.2 Å². The van der Waals surface area contributed by atoms with Gasteiger partial charge in [-0.25, -0.2) is 9.78 Å². The third kappa shape index (κ3) is 3.43. The number of nitrogens with one attached hydrogen (secondary N) is 1. The van der Waals surface area contributed by atoms with E-state index in [1.807, 2.05) is 0 Å². The molecule has 0 aliphatic heterocycles. The van der Waals surface area contributed by atoms with Crippen LogP contribution in [0.4, 0.5) is 5.82 Å². The Balaban J connectivity index is 2.16. The molecule has 0 saturated heterocycles. The van der Waals surface area contributed by atoms with Crippen LogP contribution in [0, 0.1) is 5.92 Å². The maximum absolute atomic E-state index is 11.6. The number of esters is 1. The molecule has 0 aromatic carbocycles. The van der Waals surface area contributed by atoms with Crippen LogP contribution in [0.5, 0.6) is 0 Å². The zero-order chi connectivity index (χ0) is 13.8. The lowest BCUT2D eigenvalue weighted by Crippen LogP contribution is -2.27. The monoisotopic (exact) mass is 264 g/mol. The van der Waals surface area contributed by atoms with Crippen LogP contribution in [-0.4, -0.2) is 35.2 Å². The van der Waals surface area contributed by atoms with Crippen molar-refractivity contribution in [3.8, 4) is 0 Å². The zero-order valence-corrected chi connectivity index (χ0v) is 10.6. The largest absolute Gasteiger partial charge is 0.481 e. The summed E-state index contributed by atoms with van der Waals surface area (Å²) < 4.78 is 4.68. The molecule has 2 N–H and O–H groups in total. The molecule has 0 radical (unpaired) electrons. The van der Waals surface area contributed by atoms with Crippen molar-refractivity contribution >= 4 is 17.8 Å². The first kappa shape index (κ1) is 13.3. The highest BCUT2D eigenvalue weighted by atomic mass is 16.5. The minimum Gasteiger partial charge on any atom is -0.481 e. The molecule has 102 valence electrons. The molecule has 1 heterocycles. The fourth-order valence-corrected chi connectivity index (χ4v) is 1.99. The van der Waals surface area contributed by atoms with E-state index in [0.717, 1.165) is 12.8 Å². The molecule has 2 rings (SSSR count). The molecule has 1 aliphatic carbocycles. The van der Waals surface area contributed by atoms with E-state index in [4.69, 9.17) is 5.11 Å². The molecule has 1 unspecified atom stereocenters. The first-order valence-corrected chi connectivity index (χ1v) is 6.13. The highest BCUT2D eigenvalue weighted by Crippen LogP contribution is 2.35. The molecule has 19 heavy (non-hydrogen) atoms. The predicted molar refractivity (Wildman–Crippen MR) is 68.0 cm³/mol. The topological polar surface area (TPSA) is 88.5 Å². The Bertz CT molecular complexity index is 485. The van der Waals surface area contributed by atoms with Crippen LogP contribution >= 0.6 is 0 Å².